The number of hydrogen-bond acceptors (Lipinski definition) is 2. The fourth-order valence-corrected chi connectivity index (χ4v) is 4.79. The summed E-state index contributed by atoms with van der Waals surface area (Å²) < 4.78 is 0. The van der Waals surface area contributed by atoms with Crippen molar-refractivity contribution in [3.05, 3.63) is 0 Å². The van der Waals surface area contributed by atoms with Crippen LogP contribution in [-0.4, -0.2) is 34.6 Å². The number of carboxylic acid groups (broad SMARTS) is 1. The van der Waals surface area contributed by atoms with Crippen molar-refractivity contribution in [1.29, 1.82) is 0 Å². The van der Waals surface area contributed by atoms with Gasteiger partial charge in [-0.2, -0.15) is 0 Å². The lowest BCUT2D eigenvalue weighted by molar-refractivity contribution is -0.145. The molecule has 0 radical (unpaired) electrons. The summed E-state index contributed by atoms with van der Waals surface area (Å²) in [6.07, 6.45) is 8.75. The highest BCUT2D eigenvalue weighted by molar-refractivity contribution is 5.74. The molecule has 0 spiro atoms. The van der Waals surface area contributed by atoms with Crippen molar-refractivity contribution in [3.8, 4) is 0 Å². The Bertz CT molecular complexity index is 330. The number of carboxylic acids is 1. The summed E-state index contributed by atoms with van der Waals surface area (Å²) in [5.41, 5.74) is 0. The minimum Gasteiger partial charge on any atom is -0.480 e. The van der Waals surface area contributed by atoms with Crippen molar-refractivity contribution in [2.24, 2.45) is 17.8 Å². The summed E-state index contributed by atoms with van der Waals surface area (Å²) in [5.74, 6) is 1.22. The quantitative estimate of drug-likeness (QED) is 0.820. The third-order valence-electron chi connectivity index (χ3n) is 5.67. The first kappa shape index (κ1) is 12.5. The molecule has 0 amide bonds. The number of aliphatic carboxylic acids is 1. The summed E-state index contributed by atoms with van der Waals surface area (Å²) in [5, 5.41) is 9.61. The Morgan fingerprint density at radius 1 is 1.11 bits per heavy atom. The minimum atomic E-state index is -0.567. The number of rotatable bonds is 2. The average Bonchev–Trinajstić information content (AvgIpc) is 2.88. The lowest BCUT2D eigenvalue weighted by Crippen LogP contribution is -2.49. The molecule has 3 heteroatoms. The van der Waals surface area contributed by atoms with Crippen LogP contribution in [0.4, 0.5) is 0 Å². The maximum atomic E-state index is 11.7. The minimum absolute atomic E-state index is 0.178. The Morgan fingerprint density at radius 3 is 2.61 bits per heavy atom. The predicted octanol–water partition coefficient (Wildman–Crippen LogP) is 2.75. The van der Waals surface area contributed by atoms with Crippen molar-refractivity contribution < 1.29 is 9.90 Å². The zero-order chi connectivity index (χ0) is 12.7. The van der Waals surface area contributed by atoms with E-state index >= 15 is 0 Å². The second-order valence-electron chi connectivity index (χ2n) is 6.66. The Labute approximate surface area is 110 Å². The highest BCUT2D eigenvalue weighted by atomic mass is 16.4. The molecule has 3 nitrogen and oxygen atoms in total. The van der Waals surface area contributed by atoms with E-state index in [4.69, 9.17) is 0 Å². The molecule has 0 aromatic carbocycles. The van der Waals surface area contributed by atoms with Crippen molar-refractivity contribution >= 4 is 5.97 Å². The highest BCUT2D eigenvalue weighted by Gasteiger charge is 2.50. The van der Waals surface area contributed by atoms with E-state index in [2.05, 4.69) is 11.8 Å². The van der Waals surface area contributed by atoms with Gasteiger partial charge >= 0.3 is 5.97 Å². The summed E-state index contributed by atoms with van der Waals surface area (Å²) in [6, 6.07) is 0.355. The second kappa shape index (κ2) is 4.84. The molecule has 1 heterocycles. The maximum absolute atomic E-state index is 11.7. The van der Waals surface area contributed by atoms with Gasteiger partial charge in [0, 0.05) is 12.6 Å². The van der Waals surface area contributed by atoms with E-state index in [-0.39, 0.29) is 6.04 Å². The second-order valence-corrected chi connectivity index (χ2v) is 6.66. The van der Waals surface area contributed by atoms with Crippen LogP contribution in [0, 0.1) is 17.8 Å². The van der Waals surface area contributed by atoms with Gasteiger partial charge in [0.1, 0.15) is 6.04 Å². The van der Waals surface area contributed by atoms with Crippen molar-refractivity contribution in [2.45, 2.75) is 64.0 Å². The van der Waals surface area contributed by atoms with Gasteiger partial charge in [-0.3, -0.25) is 9.69 Å². The van der Waals surface area contributed by atoms with E-state index in [0.717, 1.165) is 13.0 Å². The zero-order valence-electron chi connectivity index (χ0n) is 11.3. The van der Waals surface area contributed by atoms with E-state index in [1.807, 2.05) is 0 Å². The monoisotopic (exact) mass is 251 g/mol. The van der Waals surface area contributed by atoms with Crippen LogP contribution in [0.2, 0.25) is 0 Å². The SMILES string of the molecule is CC1CCCCC1N1CC2CCCC2C1C(=O)O. The summed E-state index contributed by atoms with van der Waals surface area (Å²) in [6.45, 7) is 3.37. The first-order valence-electron chi connectivity index (χ1n) is 7.67. The molecule has 2 aliphatic carbocycles. The first-order chi connectivity index (χ1) is 8.68. The maximum Gasteiger partial charge on any atom is 0.321 e. The topological polar surface area (TPSA) is 40.5 Å². The van der Waals surface area contributed by atoms with Crippen LogP contribution in [0.25, 0.3) is 0 Å². The summed E-state index contributed by atoms with van der Waals surface area (Å²) in [4.78, 5) is 14.0. The van der Waals surface area contributed by atoms with Crippen LogP contribution in [0.3, 0.4) is 0 Å². The molecule has 5 unspecified atom stereocenters. The summed E-state index contributed by atoms with van der Waals surface area (Å²) >= 11 is 0. The number of nitrogens with zero attached hydrogens (tertiary/aromatic N) is 1. The van der Waals surface area contributed by atoms with E-state index in [1.165, 1.54) is 38.5 Å². The number of likely N-dealkylation sites (tertiary alicyclic amines) is 1. The van der Waals surface area contributed by atoms with Crippen LogP contribution >= 0.6 is 0 Å². The molecule has 5 atom stereocenters. The fraction of sp³-hybridized carbons (Fsp3) is 0.933. The normalized spacial score (nSPS) is 45.1. The largest absolute Gasteiger partial charge is 0.480 e. The van der Waals surface area contributed by atoms with Gasteiger partial charge < -0.3 is 5.11 Å². The highest BCUT2D eigenvalue weighted by Crippen LogP contribution is 2.45. The van der Waals surface area contributed by atoms with Crippen molar-refractivity contribution in [3.63, 3.8) is 0 Å². The predicted molar refractivity (Wildman–Crippen MR) is 70.4 cm³/mol. The number of hydrogen-bond donors (Lipinski definition) is 1. The molecule has 102 valence electrons. The molecular weight excluding hydrogens is 226 g/mol. The van der Waals surface area contributed by atoms with Gasteiger partial charge in [-0.25, -0.2) is 0 Å². The molecule has 0 aromatic rings. The van der Waals surface area contributed by atoms with Gasteiger partial charge in [-0.15, -0.1) is 0 Å². The van der Waals surface area contributed by atoms with Gasteiger partial charge in [0.25, 0.3) is 0 Å². The molecular formula is C15H25NO2. The molecule has 1 saturated heterocycles. The summed E-state index contributed by atoms with van der Waals surface area (Å²) in [7, 11) is 0. The number of carbonyl (C=O) groups is 1. The lowest BCUT2D eigenvalue weighted by atomic mass is 9.84. The van der Waals surface area contributed by atoms with E-state index < -0.39 is 5.97 Å². The first-order valence-corrected chi connectivity index (χ1v) is 7.67. The Hall–Kier alpha value is -0.570. The van der Waals surface area contributed by atoms with E-state index in [9.17, 15) is 9.90 Å². The molecule has 0 bridgehead atoms. The van der Waals surface area contributed by atoms with Crippen LogP contribution in [0.5, 0.6) is 0 Å². The van der Waals surface area contributed by atoms with Crippen LogP contribution in [0.15, 0.2) is 0 Å². The van der Waals surface area contributed by atoms with Gasteiger partial charge in [-0.05, 0) is 43.4 Å². The molecule has 18 heavy (non-hydrogen) atoms. The van der Waals surface area contributed by atoms with Gasteiger partial charge in [0.15, 0.2) is 0 Å². The molecule has 3 rings (SSSR count). The fourth-order valence-electron chi connectivity index (χ4n) is 4.79. The van der Waals surface area contributed by atoms with Crippen LogP contribution in [0.1, 0.15) is 51.9 Å². The molecule has 1 N–H and O–H groups in total. The van der Waals surface area contributed by atoms with Crippen molar-refractivity contribution in [1.82, 2.24) is 4.90 Å². The smallest absolute Gasteiger partial charge is 0.321 e. The Balaban J connectivity index is 1.80. The molecule has 1 aliphatic heterocycles. The Kier molecular flexibility index (Phi) is 3.35. The molecule has 2 saturated carbocycles. The van der Waals surface area contributed by atoms with Gasteiger partial charge in [0.05, 0.1) is 0 Å². The van der Waals surface area contributed by atoms with Gasteiger partial charge in [0.2, 0.25) is 0 Å². The van der Waals surface area contributed by atoms with E-state index in [1.54, 1.807) is 0 Å². The number of fused-ring (bicyclic) bond motifs is 1. The Morgan fingerprint density at radius 2 is 1.89 bits per heavy atom. The molecule has 3 aliphatic rings. The zero-order valence-corrected chi connectivity index (χ0v) is 11.3. The molecule has 3 fully saturated rings. The van der Waals surface area contributed by atoms with Crippen LogP contribution < -0.4 is 0 Å². The van der Waals surface area contributed by atoms with Gasteiger partial charge in [-0.1, -0.05) is 26.2 Å². The van der Waals surface area contributed by atoms with E-state index in [0.29, 0.717) is 23.8 Å². The lowest BCUT2D eigenvalue weighted by Gasteiger charge is -2.39. The van der Waals surface area contributed by atoms with Crippen LogP contribution in [-0.2, 0) is 4.79 Å². The third-order valence-corrected chi connectivity index (χ3v) is 5.67. The standard InChI is InChI=1S/C15H25NO2/c1-10-5-2-3-8-13(10)16-9-11-6-4-7-12(11)14(16)15(17)18/h10-14H,2-9H2,1H3,(H,17,18). The third kappa shape index (κ3) is 1.97. The van der Waals surface area contributed by atoms with Crippen molar-refractivity contribution in [2.75, 3.05) is 6.54 Å². The average molecular weight is 251 g/mol. The molecule has 0 aromatic heterocycles.